The van der Waals surface area contributed by atoms with Crippen molar-refractivity contribution < 1.29 is 14.3 Å². The Labute approximate surface area is 145 Å². The molecule has 1 saturated carbocycles. The zero-order valence-corrected chi connectivity index (χ0v) is 15.1. The summed E-state index contributed by atoms with van der Waals surface area (Å²) in [6.07, 6.45) is 7.29. The molecule has 1 aliphatic rings. The van der Waals surface area contributed by atoms with Crippen LogP contribution in [0.3, 0.4) is 0 Å². The molecular weight excluding hydrogens is 302 g/mol. The predicted molar refractivity (Wildman–Crippen MR) is 96.0 cm³/mol. The molecule has 0 aliphatic heterocycles. The highest BCUT2D eigenvalue weighted by atomic mass is 16.5. The van der Waals surface area contributed by atoms with Gasteiger partial charge in [-0.3, -0.25) is 9.59 Å². The number of anilines is 1. The third-order valence-corrected chi connectivity index (χ3v) is 4.88. The van der Waals surface area contributed by atoms with Crippen molar-refractivity contribution in [1.82, 2.24) is 0 Å². The van der Waals surface area contributed by atoms with E-state index in [9.17, 15) is 9.59 Å². The van der Waals surface area contributed by atoms with Gasteiger partial charge >= 0.3 is 5.97 Å². The minimum atomic E-state index is -0.385. The molecule has 1 aromatic rings. The quantitative estimate of drug-likeness (QED) is 0.593. The van der Waals surface area contributed by atoms with Crippen molar-refractivity contribution in [2.45, 2.75) is 65.7 Å². The first kappa shape index (κ1) is 18.5. The number of para-hydroxylation sites is 2. The van der Waals surface area contributed by atoms with Crippen LogP contribution < -0.4 is 10.1 Å². The molecule has 1 aromatic carbocycles. The van der Waals surface area contributed by atoms with Crippen LogP contribution in [0.15, 0.2) is 24.3 Å². The van der Waals surface area contributed by atoms with E-state index < -0.39 is 0 Å². The van der Waals surface area contributed by atoms with E-state index in [1.165, 1.54) is 13.3 Å². The molecular formula is C20H29NO3. The molecule has 0 atom stereocenters. The molecule has 0 saturated heterocycles. The average molecular weight is 331 g/mol. The monoisotopic (exact) mass is 331 g/mol. The number of carbonyl (C=O) groups is 2. The molecule has 0 heterocycles. The number of hydrogen-bond acceptors (Lipinski definition) is 3. The van der Waals surface area contributed by atoms with Crippen molar-refractivity contribution in [3.8, 4) is 5.75 Å². The molecule has 1 N–H and O–H groups in total. The minimum absolute atomic E-state index is 0.0717. The first-order valence-electron chi connectivity index (χ1n) is 9.02. The third-order valence-electron chi connectivity index (χ3n) is 4.88. The first-order valence-corrected chi connectivity index (χ1v) is 9.02. The topological polar surface area (TPSA) is 55.4 Å². The lowest BCUT2D eigenvalue weighted by Crippen LogP contribution is -2.38. The van der Waals surface area contributed by atoms with Gasteiger partial charge in [-0.05, 0) is 43.7 Å². The fourth-order valence-electron chi connectivity index (χ4n) is 3.45. The summed E-state index contributed by atoms with van der Waals surface area (Å²) >= 11 is 0. The van der Waals surface area contributed by atoms with Crippen molar-refractivity contribution >= 4 is 17.6 Å². The lowest BCUT2D eigenvalue weighted by molar-refractivity contribution is -0.132. The van der Waals surface area contributed by atoms with E-state index in [1.54, 1.807) is 18.2 Å². The van der Waals surface area contributed by atoms with Gasteiger partial charge in [0, 0.05) is 12.3 Å². The second-order valence-electron chi connectivity index (χ2n) is 7.32. The molecule has 0 bridgehead atoms. The molecule has 132 valence electrons. The number of rotatable bonds is 6. The second kappa shape index (κ2) is 8.32. The van der Waals surface area contributed by atoms with E-state index in [0.29, 0.717) is 17.4 Å². The lowest BCUT2D eigenvalue weighted by atomic mass is 9.69. The van der Waals surface area contributed by atoms with Gasteiger partial charge in [0.2, 0.25) is 5.91 Å². The number of esters is 1. The number of hydrogen-bond donors (Lipinski definition) is 1. The Morgan fingerprint density at radius 2 is 1.83 bits per heavy atom. The van der Waals surface area contributed by atoms with Gasteiger partial charge in [0.25, 0.3) is 0 Å². The summed E-state index contributed by atoms with van der Waals surface area (Å²) in [6, 6.07) is 7.13. The van der Waals surface area contributed by atoms with Crippen LogP contribution in [-0.2, 0) is 9.59 Å². The Balaban J connectivity index is 2.17. The number of nitrogens with one attached hydrogen (secondary N) is 1. The average Bonchev–Trinajstić information content (AvgIpc) is 2.55. The van der Waals surface area contributed by atoms with E-state index in [1.807, 2.05) is 6.07 Å². The summed E-state index contributed by atoms with van der Waals surface area (Å²) < 4.78 is 5.21. The van der Waals surface area contributed by atoms with Gasteiger partial charge < -0.3 is 10.1 Å². The van der Waals surface area contributed by atoms with Crippen LogP contribution >= 0.6 is 0 Å². The van der Waals surface area contributed by atoms with Crippen LogP contribution in [0.1, 0.15) is 65.7 Å². The van der Waals surface area contributed by atoms with Crippen molar-refractivity contribution in [2.24, 2.45) is 11.3 Å². The first-order chi connectivity index (χ1) is 11.4. The Kier molecular flexibility index (Phi) is 6.41. The normalized spacial score (nSPS) is 16.7. The molecule has 4 heteroatoms. The van der Waals surface area contributed by atoms with Crippen molar-refractivity contribution in [3.05, 3.63) is 24.3 Å². The zero-order valence-electron chi connectivity index (χ0n) is 15.1. The Bertz CT molecular complexity index is 574. The van der Waals surface area contributed by atoms with Gasteiger partial charge in [0.15, 0.2) is 5.75 Å². The van der Waals surface area contributed by atoms with Crippen molar-refractivity contribution in [1.29, 1.82) is 0 Å². The van der Waals surface area contributed by atoms with Gasteiger partial charge in [-0.1, -0.05) is 45.2 Å². The summed E-state index contributed by atoms with van der Waals surface area (Å²) in [5.74, 6) is 0.685. The lowest BCUT2D eigenvalue weighted by Gasteiger charge is -2.36. The molecule has 0 spiro atoms. The largest absolute Gasteiger partial charge is 0.424 e. The number of carbonyl (C=O) groups excluding carboxylic acids is 2. The van der Waals surface area contributed by atoms with Gasteiger partial charge in [0.1, 0.15) is 0 Å². The molecule has 2 rings (SSSR count). The standard InChI is InChI=1S/C20H29NO3/c1-15(2)11-14-20(12-7-4-8-13-20)19(23)21-17-9-5-6-10-18(17)24-16(3)22/h5-6,9-10,15H,4,7-8,11-14H2,1-3H3,(H,21,23). The Hall–Kier alpha value is -1.84. The number of amides is 1. The van der Waals surface area contributed by atoms with E-state index in [2.05, 4.69) is 19.2 Å². The smallest absolute Gasteiger partial charge is 0.308 e. The highest BCUT2D eigenvalue weighted by Gasteiger charge is 2.39. The molecule has 1 fully saturated rings. The van der Waals surface area contributed by atoms with Crippen LogP contribution in [0.5, 0.6) is 5.75 Å². The number of ether oxygens (including phenoxy) is 1. The van der Waals surface area contributed by atoms with Gasteiger partial charge in [-0.15, -0.1) is 0 Å². The van der Waals surface area contributed by atoms with Gasteiger partial charge in [-0.25, -0.2) is 0 Å². The molecule has 0 aromatic heterocycles. The molecule has 4 nitrogen and oxygen atoms in total. The Morgan fingerprint density at radius 1 is 1.17 bits per heavy atom. The van der Waals surface area contributed by atoms with Crippen molar-refractivity contribution in [3.63, 3.8) is 0 Å². The van der Waals surface area contributed by atoms with E-state index in [4.69, 9.17) is 4.74 Å². The maximum atomic E-state index is 13.1. The summed E-state index contributed by atoms with van der Waals surface area (Å²) in [7, 11) is 0. The minimum Gasteiger partial charge on any atom is -0.424 e. The molecule has 1 amide bonds. The van der Waals surface area contributed by atoms with Crippen LogP contribution in [-0.4, -0.2) is 11.9 Å². The summed E-state index contributed by atoms with van der Waals surface area (Å²) in [5, 5.41) is 3.03. The van der Waals surface area contributed by atoms with Gasteiger partial charge in [-0.2, -0.15) is 0 Å². The fraction of sp³-hybridized carbons (Fsp3) is 0.600. The second-order valence-corrected chi connectivity index (χ2v) is 7.32. The van der Waals surface area contributed by atoms with Gasteiger partial charge in [0.05, 0.1) is 5.69 Å². The summed E-state index contributed by atoms with van der Waals surface area (Å²) in [6.45, 7) is 5.76. The zero-order chi connectivity index (χ0) is 17.6. The molecule has 1 aliphatic carbocycles. The molecule has 0 radical (unpaired) electrons. The maximum Gasteiger partial charge on any atom is 0.308 e. The summed E-state index contributed by atoms with van der Waals surface area (Å²) in [5.41, 5.74) is 0.290. The highest BCUT2D eigenvalue weighted by Crippen LogP contribution is 2.42. The van der Waals surface area contributed by atoms with E-state index >= 15 is 0 Å². The van der Waals surface area contributed by atoms with Crippen LogP contribution in [0.2, 0.25) is 0 Å². The van der Waals surface area contributed by atoms with Crippen molar-refractivity contribution in [2.75, 3.05) is 5.32 Å². The fourth-order valence-corrected chi connectivity index (χ4v) is 3.45. The van der Waals surface area contributed by atoms with E-state index in [-0.39, 0.29) is 17.3 Å². The number of benzene rings is 1. The van der Waals surface area contributed by atoms with Crippen LogP contribution in [0.25, 0.3) is 0 Å². The maximum absolute atomic E-state index is 13.1. The molecule has 24 heavy (non-hydrogen) atoms. The summed E-state index contributed by atoms with van der Waals surface area (Å²) in [4.78, 5) is 24.3. The SMILES string of the molecule is CC(=O)Oc1ccccc1NC(=O)C1(CCC(C)C)CCCCC1. The predicted octanol–water partition coefficient (Wildman–Crippen LogP) is 4.94. The van der Waals surface area contributed by atoms with Crippen LogP contribution in [0, 0.1) is 11.3 Å². The highest BCUT2D eigenvalue weighted by molar-refractivity contribution is 5.97. The molecule has 0 unspecified atom stereocenters. The Morgan fingerprint density at radius 3 is 2.46 bits per heavy atom. The third kappa shape index (κ3) is 4.83. The van der Waals surface area contributed by atoms with Crippen LogP contribution in [0.4, 0.5) is 5.69 Å². The van der Waals surface area contributed by atoms with E-state index in [0.717, 1.165) is 38.5 Å².